The lowest BCUT2D eigenvalue weighted by molar-refractivity contribution is 0.0690. The van der Waals surface area contributed by atoms with Gasteiger partial charge in [-0.15, -0.1) is 0 Å². The number of rotatable bonds is 4. The molecule has 0 saturated carbocycles. The van der Waals surface area contributed by atoms with Crippen LogP contribution in [0.5, 0.6) is 0 Å². The van der Waals surface area contributed by atoms with Crippen LogP contribution in [0.25, 0.3) is 0 Å². The lowest BCUT2D eigenvalue weighted by atomic mass is 10.2. The minimum absolute atomic E-state index is 0.0588. The molecule has 1 heterocycles. The Balaban J connectivity index is 2.20. The van der Waals surface area contributed by atoms with Crippen LogP contribution in [-0.2, 0) is 6.54 Å². The smallest absolute Gasteiger partial charge is 0.356 e. The fourth-order valence-corrected chi connectivity index (χ4v) is 2.02. The number of halogens is 1. The summed E-state index contributed by atoms with van der Waals surface area (Å²) in [6.45, 7) is 0.610. The lowest BCUT2D eigenvalue weighted by Gasteiger charge is -2.18. The number of carboxylic acid groups (broad SMARTS) is 1. The van der Waals surface area contributed by atoms with Crippen molar-refractivity contribution in [2.45, 2.75) is 6.54 Å². The first-order chi connectivity index (χ1) is 9.08. The van der Waals surface area contributed by atoms with Gasteiger partial charge in [-0.05, 0) is 11.6 Å². The third kappa shape index (κ3) is 3.29. The highest BCUT2D eigenvalue weighted by Gasteiger charge is 2.10. The van der Waals surface area contributed by atoms with E-state index in [4.69, 9.17) is 5.11 Å². The van der Waals surface area contributed by atoms with Crippen LogP contribution in [0.1, 0.15) is 16.1 Å². The third-order valence-corrected chi connectivity index (χ3v) is 3.37. The van der Waals surface area contributed by atoms with Crippen LogP contribution in [0, 0.1) is 0 Å². The highest BCUT2D eigenvalue weighted by atomic mass is 79.9. The topological polar surface area (TPSA) is 66.3 Å². The average Bonchev–Trinajstić information content (AvgIpc) is 2.41. The maximum Gasteiger partial charge on any atom is 0.356 e. The normalized spacial score (nSPS) is 10.2. The van der Waals surface area contributed by atoms with Gasteiger partial charge in [0, 0.05) is 18.1 Å². The molecule has 0 aliphatic heterocycles. The molecule has 19 heavy (non-hydrogen) atoms. The van der Waals surface area contributed by atoms with Gasteiger partial charge in [0.15, 0.2) is 5.69 Å². The Labute approximate surface area is 119 Å². The predicted molar refractivity (Wildman–Crippen MR) is 75.2 cm³/mol. The first kappa shape index (κ1) is 13.5. The Hall–Kier alpha value is -1.95. The second kappa shape index (κ2) is 5.79. The molecule has 0 unspecified atom stereocenters. The maximum atomic E-state index is 10.9. The highest BCUT2D eigenvalue weighted by molar-refractivity contribution is 9.10. The van der Waals surface area contributed by atoms with Crippen LogP contribution in [0.15, 0.2) is 41.1 Å². The van der Waals surface area contributed by atoms with Crippen LogP contribution < -0.4 is 4.90 Å². The average molecular weight is 322 g/mol. The number of anilines is 1. The molecule has 0 amide bonds. The molecule has 0 aliphatic rings. The monoisotopic (exact) mass is 321 g/mol. The summed E-state index contributed by atoms with van der Waals surface area (Å²) in [7, 11) is 1.84. The first-order valence-electron chi connectivity index (χ1n) is 5.58. The first-order valence-corrected chi connectivity index (χ1v) is 6.37. The van der Waals surface area contributed by atoms with Gasteiger partial charge in [-0.3, -0.25) is 4.98 Å². The summed E-state index contributed by atoms with van der Waals surface area (Å²) >= 11 is 3.48. The second-order valence-corrected chi connectivity index (χ2v) is 4.87. The molecule has 0 fully saturated rings. The van der Waals surface area contributed by atoms with Gasteiger partial charge >= 0.3 is 5.97 Å². The number of aromatic carboxylic acids is 1. The zero-order valence-corrected chi connectivity index (χ0v) is 11.8. The number of nitrogens with zero attached hydrogens (tertiary/aromatic N) is 3. The SMILES string of the molecule is CN(Cc1ccccc1Br)c1cncc(C(=O)O)n1. The molecule has 0 aliphatic carbocycles. The largest absolute Gasteiger partial charge is 0.476 e. The van der Waals surface area contributed by atoms with E-state index in [0.29, 0.717) is 12.4 Å². The molecule has 0 bridgehead atoms. The fourth-order valence-electron chi connectivity index (χ4n) is 1.61. The molecule has 1 aromatic carbocycles. The van der Waals surface area contributed by atoms with Gasteiger partial charge in [-0.25, -0.2) is 9.78 Å². The lowest BCUT2D eigenvalue weighted by Crippen LogP contribution is -2.19. The van der Waals surface area contributed by atoms with E-state index >= 15 is 0 Å². The van der Waals surface area contributed by atoms with Gasteiger partial charge in [0.25, 0.3) is 0 Å². The van der Waals surface area contributed by atoms with E-state index in [9.17, 15) is 4.79 Å². The highest BCUT2D eigenvalue weighted by Crippen LogP contribution is 2.19. The standard InChI is InChI=1S/C13H12BrN3O2/c1-17(8-9-4-2-3-5-10(9)14)12-7-15-6-11(16-12)13(18)19/h2-7H,8H2,1H3,(H,18,19). The molecule has 2 rings (SSSR count). The van der Waals surface area contributed by atoms with E-state index in [1.807, 2.05) is 36.2 Å². The molecule has 0 spiro atoms. The van der Waals surface area contributed by atoms with Crippen molar-refractivity contribution in [2.24, 2.45) is 0 Å². The molecule has 5 nitrogen and oxygen atoms in total. The van der Waals surface area contributed by atoms with Gasteiger partial charge in [0.05, 0.1) is 12.4 Å². The van der Waals surface area contributed by atoms with Crippen LogP contribution >= 0.6 is 15.9 Å². The number of hydrogen-bond acceptors (Lipinski definition) is 4. The molecule has 0 atom stereocenters. The van der Waals surface area contributed by atoms with Crippen molar-refractivity contribution in [3.63, 3.8) is 0 Å². The van der Waals surface area contributed by atoms with E-state index in [1.54, 1.807) is 6.20 Å². The zero-order chi connectivity index (χ0) is 13.8. The van der Waals surface area contributed by atoms with Gasteiger partial charge in [-0.1, -0.05) is 34.1 Å². The van der Waals surface area contributed by atoms with E-state index in [0.717, 1.165) is 10.0 Å². The molecule has 6 heteroatoms. The van der Waals surface area contributed by atoms with Crippen molar-refractivity contribution >= 4 is 27.7 Å². The van der Waals surface area contributed by atoms with Crippen LogP contribution in [0.4, 0.5) is 5.82 Å². The maximum absolute atomic E-state index is 10.9. The Morgan fingerprint density at radius 2 is 2.11 bits per heavy atom. The van der Waals surface area contributed by atoms with Crippen molar-refractivity contribution in [1.29, 1.82) is 0 Å². The summed E-state index contributed by atoms with van der Waals surface area (Å²) < 4.78 is 1.00. The predicted octanol–water partition coefficient (Wildman–Crippen LogP) is 2.57. The molecule has 1 aromatic heterocycles. The van der Waals surface area contributed by atoms with Crippen LogP contribution in [0.3, 0.4) is 0 Å². The minimum Gasteiger partial charge on any atom is -0.476 e. The van der Waals surface area contributed by atoms with E-state index in [1.165, 1.54) is 6.20 Å². The van der Waals surface area contributed by atoms with Gasteiger partial charge < -0.3 is 10.0 Å². The van der Waals surface area contributed by atoms with E-state index in [-0.39, 0.29) is 5.69 Å². The van der Waals surface area contributed by atoms with E-state index in [2.05, 4.69) is 25.9 Å². The molecular weight excluding hydrogens is 310 g/mol. The van der Waals surface area contributed by atoms with Crippen LogP contribution in [-0.4, -0.2) is 28.1 Å². The molecular formula is C13H12BrN3O2. The molecule has 1 N–H and O–H groups in total. The third-order valence-electron chi connectivity index (χ3n) is 2.60. The van der Waals surface area contributed by atoms with Crippen molar-refractivity contribution in [2.75, 3.05) is 11.9 Å². The van der Waals surface area contributed by atoms with Crippen molar-refractivity contribution in [1.82, 2.24) is 9.97 Å². The zero-order valence-electron chi connectivity index (χ0n) is 10.2. The van der Waals surface area contributed by atoms with E-state index < -0.39 is 5.97 Å². The second-order valence-electron chi connectivity index (χ2n) is 4.02. The Kier molecular flexibility index (Phi) is 4.11. The Morgan fingerprint density at radius 3 is 2.79 bits per heavy atom. The van der Waals surface area contributed by atoms with Gasteiger partial charge in [0.2, 0.25) is 0 Å². The Bertz CT molecular complexity index is 604. The number of aromatic nitrogens is 2. The number of carbonyl (C=O) groups is 1. The summed E-state index contributed by atoms with van der Waals surface area (Å²) in [5.41, 5.74) is 1.03. The summed E-state index contributed by atoms with van der Waals surface area (Å²) in [6, 6.07) is 7.85. The summed E-state index contributed by atoms with van der Waals surface area (Å²) in [6.07, 6.45) is 2.78. The minimum atomic E-state index is -1.08. The molecule has 98 valence electrons. The summed E-state index contributed by atoms with van der Waals surface area (Å²) in [5, 5.41) is 8.90. The number of hydrogen-bond donors (Lipinski definition) is 1. The Morgan fingerprint density at radius 1 is 1.37 bits per heavy atom. The molecule has 2 aromatic rings. The number of benzene rings is 1. The molecule has 0 radical (unpaired) electrons. The fraction of sp³-hybridized carbons (Fsp3) is 0.154. The summed E-state index contributed by atoms with van der Waals surface area (Å²) in [5.74, 6) is -0.556. The summed E-state index contributed by atoms with van der Waals surface area (Å²) in [4.78, 5) is 20.6. The van der Waals surface area contributed by atoms with Crippen molar-refractivity contribution < 1.29 is 9.90 Å². The number of carboxylic acids is 1. The van der Waals surface area contributed by atoms with Crippen LogP contribution in [0.2, 0.25) is 0 Å². The molecule has 0 saturated heterocycles. The van der Waals surface area contributed by atoms with Crippen molar-refractivity contribution in [3.8, 4) is 0 Å². The van der Waals surface area contributed by atoms with Gasteiger partial charge in [-0.2, -0.15) is 0 Å². The van der Waals surface area contributed by atoms with Gasteiger partial charge in [0.1, 0.15) is 5.82 Å². The quantitative estimate of drug-likeness (QED) is 0.937. The van der Waals surface area contributed by atoms with Crippen molar-refractivity contribution in [3.05, 3.63) is 52.4 Å².